The third-order valence-corrected chi connectivity index (χ3v) is 10.6. The van der Waals surface area contributed by atoms with Crippen LogP contribution in [0.4, 0.5) is 0 Å². The Kier molecular flexibility index (Phi) is 7.43. The molecule has 0 saturated heterocycles. The average Bonchev–Trinajstić information content (AvgIpc) is 3.27. The molecule has 1 heterocycles. The molecule has 2 fully saturated rings. The fourth-order valence-corrected chi connectivity index (χ4v) is 8.50. The fourth-order valence-electron chi connectivity index (χ4n) is 6.29. The van der Waals surface area contributed by atoms with E-state index in [0.29, 0.717) is 29.8 Å². The molecule has 3 aromatic rings. The molecule has 186 valence electrons. The third-order valence-electron chi connectivity index (χ3n) is 8.26. The SMILES string of the molecule is O=C(c1[nH]c2ccccc2c1S(=O)(=O)C1CCCCC1)C1CCCCC(Cc2ccccc2)CC1. The van der Waals surface area contributed by atoms with Crippen molar-refractivity contribution < 1.29 is 13.2 Å². The van der Waals surface area contributed by atoms with E-state index in [1.165, 1.54) is 12.0 Å². The maximum Gasteiger partial charge on any atom is 0.184 e. The number of nitrogens with one attached hydrogen (secondary N) is 1. The van der Waals surface area contributed by atoms with Gasteiger partial charge in [0.15, 0.2) is 15.6 Å². The average molecular weight is 492 g/mol. The number of fused-ring (bicyclic) bond motifs is 1. The number of rotatable bonds is 6. The summed E-state index contributed by atoms with van der Waals surface area (Å²) >= 11 is 0. The van der Waals surface area contributed by atoms with Crippen LogP contribution in [-0.4, -0.2) is 24.4 Å². The highest BCUT2D eigenvalue weighted by Crippen LogP contribution is 2.37. The molecule has 2 atom stereocenters. The summed E-state index contributed by atoms with van der Waals surface area (Å²) in [6, 6.07) is 18.1. The molecular formula is C30H37NO3S. The van der Waals surface area contributed by atoms with E-state index in [-0.39, 0.29) is 21.8 Å². The summed E-state index contributed by atoms with van der Waals surface area (Å²) < 4.78 is 27.8. The number of carbonyl (C=O) groups is 1. The quantitative estimate of drug-likeness (QED) is 0.368. The van der Waals surface area contributed by atoms with Gasteiger partial charge < -0.3 is 4.98 Å². The van der Waals surface area contributed by atoms with Crippen LogP contribution in [0.15, 0.2) is 59.5 Å². The summed E-state index contributed by atoms with van der Waals surface area (Å²) in [5.41, 5.74) is 2.44. The predicted molar refractivity (Wildman–Crippen MR) is 142 cm³/mol. The number of H-pyrrole nitrogens is 1. The summed E-state index contributed by atoms with van der Waals surface area (Å²) in [4.78, 5) is 17.5. The van der Waals surface area contributed by atoms with Crippen LogP contribution in [-0.2, 0) is 16.3 Å². The highest BCUT2D eigenvalue weighted by Gasteiger charge is 2.37. The molecule has 0 amide bonds. The van der Waals surface area contributed by atoms with Crippen LogP contribution in [0.2, 0.25) is 0 Å². The van der Waals surface area contributed by atoms with E-state index in [9.17, 15) is 13.2 Å². The van der Waals surface area contributed by atoms with Crippen LogP contribution in [0.25, 0.3) is 10.9 Å². The first-order valence-corrected chi connectivity index (χ1v) is 15.0. The minimum Gasteiger partial charge on any atom is -0.351 e. The normalized spacial score (nSPS) is 22.5. The van der Waals surface area contributed by atoms with Crippen molar-refractivity contribution in [2.45, 2.75) is 87.2 Å². The number of hydrogen-bond acceptors (Lipinski definition) is 3. The lowest BCUT2D eigenvalue weighted by Gasteiger charge is -2.25. The summed E-state index contributed by atoms with van der Waals surface area (Å²) in [6.45, 7) is 0. The minimum absolute atomic E-state index is 0.00375. The molecule has 35 heavy (non-hydrogen) atoms. The molecule has 1 N–H and O–H groups in total. The van der Waals surface area contributed by atoms with E-state index in [1.807, 2.05) is 24.3 Å². The first kappa shape index (κ1) is 24.3. The molecule has 0 radical (unpaired) electrons. The first-order valence-electron chi connectivity index (χ1n) is 13.5. The Morgan fingerprint density at radius 3 is 2.26 bits per heavy atom. The van der Waals surface area contributed by atoms with Crippen LogP contribution >= 0.6 is 0 Å². The maximum atomic E-state index is 14.0. The number of carbonyl (C=O) groups excluding carboxylic acids is 1. The molecule has 2 aliphatic carbocycles. The van der Waals surface area contributed by atoms with Crippen molar-refractivity contribution in [2.24, 2.45) is 11.8 Å². The van der Waals surface area contributed by atoms with Gasteiger partial charge >= 0.3 is 0 Å². The molecule has 0 bridgehead atoms. The van der Waals surface area contributed by atoms with Crippen molar-refractivity contribution in [2.75, 3.05) is 0 Å². The summed E-state index contributed by atoms with van der Waals surface area (Å²) in [7, 11) is -3.58. The second-order valence-corrected chi connectivity index (χ2v) is 12.8. The van der Waals surface area contributed by atoms with Crippen LogP contribution in [0.5, 0.6) is 0 Å². The zero-order valence-electron chi connectivity index (χ0n) is 20.5. The molecule has 2 aliphatic rings. The van der Waals surface area contributed by atoms with Crippen molar-refractivity contribution >= 4 is 26.5 Å². The molecule has 0 aliphatic heterocycles. The number of aromatic nitrogens is 1. The Morgan fingerprint density at radius 1 is 0.771 bits per heavy atom. The fraction of sp³-hybridized carbons (Fsp3) is 0.500. The van der Waals surface area contributed by atoms with Crippen molar-refractivity contribution in [1.82, 2.24) is 4.98 Å². The monoisotopic (exact) mass is 491 g/mol. The van der Waals surface area contributed by atoms with Gasteiger partial charge in [0.05, 0.1) is 5.25 Å². The largest absolute Gasteiger partial charge is 0.351 e. The lowest BCUT2D eigenvalue weighted by Crippen LogP contribution is -2.27. The number of sulfone groups is 1. The third kappa shape index (κ3) is 5.25. The second kappa shape index (κ2) is 10.7. The van der Waals surface area contributed by atoms with Gasteiger partial charge in [0.2, 0.25) is 0 Å². The van der Waals surface area contributed by atoms with E-state index in [1.54, 1.807) is 0 Å². The summed E-state index contributed by atoms with van der Waals surface area (Å²) in [6.07, 6.45) is 11.5. The van der Waals surface area contributed by atoms with E-state index < -0.39 is 9.84 Å². The number of hydrogen-bond donors (Lipinski definition) is 1. The zero-order chi connectivity index (χ0) is 24.3. The first-order chi connectivity index (χ1) is 17.0. The minimum atomic E-state index is -3.58. The Hall–Kier alpha value is -2.40. The summed E-state index contributed by atoms with van der Waals surface area (Å²) in [5, 5.41) is 0.295. The van der Waals surface area contributed by atoms with Gasteiger partial charge in [-0.25, -0.2) is 8.42 Å². The van der Waals surface area contributed by atoms with Crippen molar-refractivity contribution in [3.8, 4) is 0 Å². The van der Waals surface area contributed by atoms with Crippen molar-refractivity contribution in [1.29, 1.82) is 0 Å². The van der Waals surface area contributed by atoms with E-state index in [4.69, 9.17) is 0 Å². The molecule has 5 heteroatoms. The number of benzene rings is 2. The summed E-state index contributed by atoms with van der Waals surface area (Å²) in [5.74, 6) is 0.444. The van der Waals surface area contributed by atoms with Gasteiger partial charge in [0.1, 0.15) is 10.6 Å². The smallest absolute Gasteiger partial charge is 0.184 e. The van der Waals surface area contributed by atoms with Crippen molar-refractivity contribution in [3.63, 3.8) is 0 Å². The topological polar surface area (TPSA) is 67.0 Å². The van der Waals surface area contributed by atoms with Crippen LogP contribution < -0.4 is 0 Å². The van der Waals surface area contributed by atoms with Gasteiger partial charge in [-0.2, -0.15) is 0 Å². The standard InChI is InChI=1S/C30H37NO3S/c32-29(24-14-8-7-13-23(19-20-24)21-22-11-3-1-4-12-22)28-30(26-17-9-10-18-27(26)31-28)35(33,34)25-15-5-2-6-16-25/h1,3-4,9-12,17-18,23-25,31H,2,5-8,13-16,19-21H2. The molecule has 4 nitrogen and oxygen atoms in total. The molecule has 2 unspecified atom stereocenters. The molecule has 0 spiro atoms. The van der Waals surface area contributed by atoms with E-state index in [2.05, 4.69) is 35.3 Å². The lowest BCUT2D eigenvalue weighted by atomic mass is 9.80. The molecule has 5 rings (SSSR count). The maximum absolute atomic E-state index is 14.0. The van der Waals surface area contributed by atoms with Crippen LogP contribution in [0, 0.1) is 11.8 Å². The van der Waals surface area contributed by atoms with Crippen LogP contribution in [0.3, 0.4) is 0 Å². The van der Waals surface area contributed by atoms with Gasteiger partial charge in [0, 0.05) is 16.8 Å². The van der Waals surface area contributed by atoms with E-state index in [0.717, 1.165) is 63.3 Å². The highest BCUT2D eigenvalue weighted by atomic mass is 32.2. The lowest BCUT2D eigenvalue weighted by molar-refractivity contribution is 0.0884. The number of para-hydroxylation sites is 1. The molecule has 2 saturated carbocycles. The van der Waals surface area contributed by atoms with Crippen molar-refractivity contribution in [3.05, 3.63) is 65.9 Å². The van der Waals surface area contributed by atoms with Gasteiger partial charge in [-0.05, 0) is 56.1 Å². The predicted octanol–water partition coefficient (Wildman–Crippen LogP) is 7.29. The second-order valence-electron chi connectivity index (χ2n) is 10.7. The Balaban J connectivity index is 1.42. The van der Waals surface area contributed by atoms with E-state index >= 15 is 0 Å². The molecule has 2 aromatic carbocycles. The number of aromatic amines is 1. The molecular weight excluding hydrogens is 454 g/mol. The number of Topliss-reactive ketones (excluding diaryl/α,β-unsaturated/α-hetero) is 1. The van der Waals surface area contributed by atoms with Gasteiger partial charge in [0.25, 0.3) is 0 Å². The van der Waals surface area contributed by atoms with Crippen LogP contribution in [0.1, 0.15) is 86.7 Å². The molecule has 1 aromatic heterocycles. The number of ketones is 1. The zero-order valence-corrected chi connectivity index (χ0v) is 21.4. The van der Waals surface area contributed by atoms with Gasteiger partial charge in [-0.1, -0.05) is 87.1 Å². The highest BCUT2D eigenvalue weighted by molar-refractivity contribution is 7.92. The van der Waals surface area contributed by atoms with Gasteiger partial charge in [-0.15, -0.1) is 0 Å². The Labute approximate surface area is 209 Å². The Bertz CT molecular complexity index is 1260. The van der Waals surface area contributed by atoms with Gasteiger partial charge in [-0.3, -0.25) is 4.79 Å². The Morgan fingerprint density at radius 2 is 1.46 bits per heavy atom.